The number of ether oxygens (including phenoxy) is 1. The summed E-state index contributed by atoms with van der Waals surface area (Å²) in [5.74, 6) is 0.451. The van der Waals surface area contributed by atoms with E-state index in [1.807, 2.05) is 6.92 Å². The second-order valence-corrected chi connectivity index (χ2v) is 6.34. The minimum Gasteiger partial charge on any atom is -0.495 e. The summed E-state index contributed by atoms with van der Waals surface area (Å²) >= 11 is 5.98. The highest BCUT2D eigenvalue weighted by atomic mass is 35.5. The highest BCUT2D eigenvalue weighted by molar-refractivity contribution is 6.31. The van der Waals surface area contributed by atoms with E-state index in [2.05, 4.69) is 10.2 Å². The minimum atomic E-state index is -0.385. The van der Waals surface area contributed by atoms with Gasteiger partial charge in [0.15, 0.2) is 0 Å². The molecule has 1 aromatic rings. The molecule has 1 heterocycles. The van der Waals surface area contributed by atoms with E-state index in [1.165, 1.54) is 0 Å². The van der Waals surface area contributed by atoms with Gasteiger partial charge >= 0.3 is 0 Å². The van der Waals surface area contributed by atoms with Crippen LogP contribution in [-0.4, -0.2) is 48.3 Å². The normalized spacial score (nSPS) is 20.1. The van der Waals surface area contributed by atoms with Crippen molar-refractivity contribution >= 4 is 23.2 Å². The number of nitrogens with zero attached hydrogens (tertiary/aromatic N) is 1. The lowest BCUT2D eigenvalue weighted by molar-refractivity contribution is -0.119. The van der Waals surface area contributed by atoms with E-state index in [4.69, 9.17) is 16.3 Å². The summed E-state index contributed by atoms with van der Waals surface area (Å²) in [7, 11) is 1.55. The van der Waals surface area contributed by atoms with E-state index in [9.17, 15) is 9.90 Å². The van der Waals surface area contributed by atoms with Crippen LogP contribution in [0.1, 0.15) is 32.6 Å². The monoisotopic (exact) mass is 340 g/mol. The molecule has 2 unspecified atom stereocenters. The molecule has 0 radical (unpaired) electrons. The molecule has 0 aliphatic carbocycles. The molecule has 5 nitrogen and oxygen atoms in total. The minimum absolute atomic E-state index is 0.0563. The molecule has 1 saturated heterocycles. The number of piperidine rings is 1. The van der Waals surface area contributed by atoms with Crippen LogP contribution in [0.25, 0.3) is 0 Å². The summed E-state index contributed by atoms with van der Waals surface area (Å²) in [6.07, 6.45) is 3.40. The standard InChI is InChI=1S/C17H25ClN2O3/c1-3-15(21)14-6-4-5-9-20(14)11-17(22)19-13-10-12(18)7-8-16(13)23-2/h7-8,10,14-15,21H,3-6,9,11H2,1-2H3,(H,19,22). The van der Waals surface area contributed by atoms with Gasteiger partial charge in [0.1, 0.15) is 5.75 Å². The molecule has 6 heteroatoms. The Bertz CT molecular complexity index is 539. The van der Waals surface area contributed by atoms with Gasteiger partial charge in [-0.3, -0.25) is 9.69 Å². The Kier molecular flexibility index (Phi) is 6.69. The number of hydrogen-bond acceptors (Lipinski definition) is 4. The quantitative estimate of drug-likeness (QED) is 0.836. The van der Waals surface area contributed by atoms with Crippen LogP contribution in [0.5, 0.6) is 5.75 Å². The second kappa shape index (κ2) is 8.52. The molecule has 2 rings (SSSR count). The first kappa shape index (κ1) is 18.0. The van der Waals surface area contributed by atoms with Gasteiger partial charge in [0.05, 0.1) is 25.4 Å². The Hall–Kier alpha value is -1.30. The van der Waals surface area contributed by atoms with Gasteiger partial charge in [-0.05, 0) is 44.0 Å². The third-order valence-electron chi connectivity index (χ3n) is 4.31. The van der Waals surface area contributed by atoms with Crippen molar-refractivity contribution in [2.75, 3.05) is 25.5 Å². The first-order valence-electron chi connectivity index (χ1n) is 8.10. The lowest BCUT2D eigenvalue weighted by atomic mass is 9.96. The summed E-state index contributed by atoms with van der Waals surface area (Å²) in [4.78, 5) is 14.5. The number of hydrogen-bond donors (Lipinski definition) is 2. The average molecular weight is 341 g/mol. The van der Waals surface area contributed by atoms with Gasteiger partial charge in [-0.2, -0.15) is 0 Å². The van der Waals surface area contributed by atoms with Crippen LogP contribution in [0, 0.1) is 0 Å². The molecular weight excluding hydrogens is 316 g/mol. The first-order valence-corrected chi connectivity index (χ1v) is 8.48. The predicted molar refractivity (Wildman–Crippen MR) is 92.1 cm³/mol. The molecule has 0 aromatic heterocycles. The zero-order valence-electron chi connectivity index (χ0n) is 13.7. The van der Waals surface area contributed by atoms with Crippen molar-refractivity contribution in [1.82, 2.24) is 4.90 Å². The summed E-state index contributed by atoms with van der Waals surface area (Å²) in [6.45, 7) is 3.06. The van der Waals surface area contributed by atoms with Crippen LogP contribution in [0.3, 0.4) is 0 Å². The average Bonchev–Trinajstić information content (AvgIpc) is 2.55. The van der Waals surface area contributed by atoms with Crippen molar-refractivity contribution in [1.29, 1.82) is 0 Å². The molecule has 128 valence electrons. The number of amides is 1. The topological polar surface area (TPSA) is 61.8 Å². The number of aliphatic hydroxyl groups excluding tert-OH is 1. The summed E-state index contributed by atoms with van der Waals surface area (Å²) in [5, 5.41) is 13.6. The van der Waals surface area contributed by atoms with Crippen LogP contribution in [0.4, 0.5) is 5.69 Å². The summed E-state index contributed by atoms with van der Waals surface area (Å²) in [5.41, 5.74) is 0.564. The van der Waals surface area contributed by atoms with Gasteiger partial charge in [0.2, 0.25) is 5.91 Å². The number of halogens is 1. The third-order valence-corrected chi connectivity index (χ3v) is 4.54. The van der Waals surface area contributed by atoms with Crippen molar-refractivity contribution in [3.63, 3.8) is 0 Å². The van der Waals surface area contributed by atoms with E-state index < -0.39 is 0 Å². The maximum Gasteiger partial charge on any atom is 0.238 e. The smallest absolute Gasteiger partial charge is 0.238 e. The van der Waals surface area contributed by atoms with Gasteiger partial charge in [-0.15, -0.1) is 0 Å². The van der Waals surface area contributed by atoms with Crippen LogP contribution >= 0.6 is 11.6 Å². The molecule has 23 heavy (non-hydrogen) atoms. The van der Waals surface area contributed by atoms with Crippen molar-refractivity contribution in [3.05, 3.63) is 23.2 Å². The highest BCUT2D eigenvalue weighted by Crippen LogP contribution is 2.28. The molecule has 1 aliphatic rings. The summed E-state index contributed by atoms with van der Waals surface area (Å²) in [6, 6.07) is 5.17. The second-order valence-electron chi connectivity index (χ2n) is 5.90. The van der Waals surface area contributed by atoms with E-state index in [1.54, 1.807) is 25.3 Å². The number of aliphatic hydroxyl groups is 1. The Labute approximate surface area is 142 Å². The van der Waals surface area contributed by atoms with Crippen LogP contribution in [0.2, 0.25) is 5.02 Å². The Morgan fingerprint density at radius 2 is 2.30 bits per heavy atom. The molecule has 0 saturated carbocycles. The number of benzene rings is 1. The van der Waals surface area contributed by atoms with E-state index in [-0.39, 0.29) is 24.6 Å². The lowest BCUT2D eigenvalue weighted by Crippen LogP contribution is -2.49. The molecule has 2 atom stereocenters. The van der Waals surface area contributed by atoms with Crippen LogP contribution < -0.4 is 10.1 Å². The number of methoxy groups -OCH3 is 1. The molecule has 1 fully saturated rings. The Morgan fingerprint density at radius 3 is 3.00 bits per heavy atom. The zero-order valence-corrected chi connectivity index (χ0v) is 14.5. The predicted octanol–water partition coefficient (Wildman–Crippen LogP) is 2.91. The third kappa shape index (κ3) is 4.83. The Morgan fingerprint density at radius 1 is 1.52 bits per heavy atom. The molecule has 0 spiro atoms. The number of nitrogens with one attached hydrogen (secondary N) is 1. The molecule has 1 aliphatic heterocycles. The number of carbonyl (C=O) groups is 1. The van der Waals surface area contributed by atoms with Crippen molar-refractivity contribution in [2.45, 2.75) is 44.8 Å². The van der Waals surface area contributed by atoms with Gasteiger partial charge in [0.25, 0.3) is 0 Å². The van der Waals surface area contributed by atoms with Gasteiger partial charge in [0, 0.05) is 11.1 Å². The van der Waals surface area contributed by atoms with Gasteiger partial charge in [-0.1, -0.05) is 24.9 Å². The Balaban J connectivity index is 2.02. The van der Waals surface area contributed by atoms with Crippen molar-refractivity contribution in [3.8, 4) is 5.75 Å². The SMILES string of the molecule is CCC(O)C1CCCCN1CC(=O)Nc1cc(Cl)ccc1OC. The van der Waals surface area contributed by atoms with E-state index >= 15 is 0 Å². The summed E-state index contributed by atoms with van der Waals surface area (Å²) < 4.78 is 5.24. The van der Waals surface area contributed by atoms with Gasteiger partial charge < -0.3 is 15.2 Å². The van der Waals surface area contributed by atoms with Gasteiger partial charge in [-0.25, -0.2) is 0 Å². The van der Waals surface area contributed by atoms with Crippen molar-refractivity contribution in [2.24, 2.45) is 0 Å². The fourth-order valence-corrected chi connectivity index (χ4v) is 3.25. The van der Waals surface area contributed by atoms with Crippen molar-refractivity contribution < 1.29 is 14.6 Å². The molecule has 1 amide bonds. The molecule has 2 N–H and O–H groups in total. The maximum atomic E-state index is 12.4. The molecular formula is C17H25ClN2O3. The van der Waals surface area contributed by atoms with Crippen LogP contribution in [0.15, 0.2) is 18.2 Å². The highest BCUT2D eigenvalue weighted by Gasteiger charge is 2.29. The number of anilines is 1. The fourth-order valence-electron chi connectivity index (χ4n) is 3.07. The maximum absolute atomic E-state index is 12.4. The number of likely N-dealkylation sites (tertiary alicyclic amines) is 1. The fraction of sp³-hybridized carbons (Fsp3) is 0.588. The van der Waals surface area contributed by atoms with Crippen LogP contribution in [-0.2, 0) is 4.79 Å². The van der Waals surface area contributed by atoms with E-state index in [0.29, 0.717) is 22.9 Å². The molecule has 1 aromatic carbocycles. The molecule has 0 bridgehead atoms. The van der Waals surface area contributed by atoms with E-state index in [0.717, 1.165) is 25.8 Å². The largest absolute Gasteiger partial charge is 0.495 e. The first-order chi connectivity index (χ1) is 11.0. The lowest BCUT2D eigenvalue weighted by Gasteiger charge is -2.37. The number of carbonyl (C=O) groups excluding carboxylic acids is 1. The number of rotatable bonds is 6. The zero-order chi connectivity index (χ0) is 16.8.